The van der Waals surface area contributed by atoms with Crippen LogP contribution in [-0.4, -0.2) is 39.9 Å². The van der Waals surface area contributed by atoms with Crippen LogP contribution in [0.3, 0.4) is 0 Å². The molecule has 6 heteroatoms. The first-order chi connectivity index (χ1) is 9.97. The molecule has 2 heterocycles. The van der Waals surface area contributed by atoms with Crippen molar-refractivity contribution in [2.24, 2.45) is 5.92 Å². The van der Waals surface area contributed by atoms with Crippen molar-refractivity contribution < 1.29 is 4.79 Å². The highest BCUT2D eigenvalue weighted by Crippen LogP contribution is 2.20. The van der Waals surface area contributed by atoms with E-state index in [0.29, 0.717) is 11.9 Å². The van der Waals surface area contributed by atoms with E-state index in [0.717, 1.165) is 30.4 Å². The summed E-state index contributed by atoms with van der Waals surface area (Å²) in [7, 11) is 0. The van der Waals surface area contributed by atoms with Gasteiger partial charge in [-0.2, -0.15) is 0 Å². The number of amides is 1. The topological polar surface area (TPSA) is 58.1 Å². The summed E-state index contributed by atoms with van der Waals surface area (Å²) in [6.07, 6.45) is 5.26. The molecule has 1 aliphatic heterocycles. The van der Waals surface area contributed by atoms with Crippen LogP contribution in [0.25, 0.3) is 0 Å². The second-order valence-electron chi connectivity index (χ2n) is 5.89. The number of nitrogens with zero attached hydrogens (tertiary/aromatic N) is 3. The highest BCUT2D eigenvalue weighted by molar-refractivity contribution is 9.10. The van der Waals surface area contributed by atoms with Crippen molar-refractivity contribution in [1.29, 1.82) is 0 Å². The number of piperidine rings is 1. The number of carbonyl (C=O) groups excluding carboxylic acids is 1. The molecule has 0 aliphatic carbocycles. The molecule has 5 nitrogen and oxygen atoms in total. The normalized spacial score (nSPS) is 18.7. The molecule has 0 saturated carbocycles. The van der Waals surface area contributed by atoms with E-state index in [2.05, 4.69) is 50.0 Å². The van der Waals surface area contributed by atoms with Crippen LogP contribution in [0.1, 0.15) is 45.5 Å². The van der Waals surface area contributed by atoms with Crippen LogP contribution in [-0.2, 0) is 4.79 Å². The van der Waals surface area contributed by atoms with Crippen LogP contribution in [0.2, 0.25) is 0 Å². The van der Waals surface area contributed by atoms with Crippen molar-refractivity contribution in [3.05, 3.63) is 22.7 Å². The summed E-state index contributed by atoms with van der Waals surface area (Å²) >= 11 is 3.31. The van der Waals surface area contributed by atoms with E-state index >= 15 is 0 Å². The average molecular weight is 355 g/mol. The van der Waals surface area contributed by atoms with Gasteiger partial charge in [0.05, 0.1) is 10.5 Å². The quantitative estimate of drug-likeness (QED) is 0.902. The maximum Gasteiger partial charge on any atom is 0.223 e. The molecule has 0 spiro atoms. The van der Waals surface area contributed by atoms with Gasteiger partial charge in [0.2, 0.25) is 5.91 Å². The third-order valence-electron chi connectivity index (χ3n) is 4.02. The Balaban J connectivity index is 1.86. The van der Waals surface area contributed by atoms with Crippen LogP contribution in [0.4, 0.5) is 0 Å². The smallest absolute Gasteiger partial charge is 0.223 e. The molecule has 1 aromatic heterocycles. The van der Waals surface area contributed by atoms with E-state index in [-0.39, 0.29) is 17.9 Å². The Morgan fingerprint density at radius 3 is 2.38 bits per heavy atom. The molecule has 21 heavy (non-hydrogen) atoms. The number of nitrogens with one attached hydrogen (secondary N) is 1. The van der Waals surface area contributed by atoms with Crippen LogP contribution in [0, 0.1) is 5.92 Å². The summed E-state index contributed by atoms with van der Waals surface area (Å²) in [6.45, 7) is 8.32. The maximum atomic E-state index is 12.3. The predicted molar refractivity (Wildman–Crippen MR) is 85.7 cm³/mol. The lowest BCUT2D eigenvalue weighted by Gasteiger charge is -2.34. The monoisotopic (exact) mass is 354 g/mol. The van der Waals surface area contributed by atoms with Gasteiger partial charge in [-0.25, -0.2) is 9.97 Å². The Bertz CT molecular complexity index is 469. The SMILES string of the molecule is CC(NC(=O)C1CCN(C(C)C)CC1)c1ncc(Br)cn1. The lowest BCUT2D eigenvalue weighted by molar-refractivity contribution is -0.127. The van der Waals surface area contributed by atoms with E-state index < -0.39 is 0 Å². The first-order valence-corrected chi connectivity index (χ1v) is 8.28. The molecule has 1 atom stereocenters. The summed E-state index contributed by atoms with van der Waals surface area (Å²) < 4.78 is 0.839. The molecule has 1 N–H and O–H groups in total. The number of aromatic nitrogens is 2. The van der Waals surface area contributed by atoms with Crippen molar-refractivity contribution in [3.63, 3.8) is 0 Å². The van der Waals surface area contributed by atoms with Gasteiger partial charge in [-0.15, -0.1) is 0 Å². The number of rotatable bonds is 4. The Morgan fingerprint density at radius 1 is 1.29 bits per heavy atom. The molecule has 116 valence electrons. The molecular weight excluding hydrogens is 332 g/mol. The van der Waals surface area contributed by atoms with Gasteiger partial charge in [0.15, 0.2) is 0 Å². The van der Waals surface area contributed by atoms with Crippen molar-refractivity contribution >= 4 is 21.8 Å². The van der Waals surface area contributed by atoms with Crippen molar-refractivity contribution in [2.75, 3.05) is 13.1 Å². The van der Waals surface area contributed by atoms with Gasteiger partial charge in [-0.3, -0.25) is 4.79 Å². The van der Waals surface area contributed by atoms with E-state index in [9.17, 15) is 4.79 Å². The molecular formula is C15H23BrN4O. The van der Waals surface area contributed by atoms with Gasteiger partial charge in [0.1, 0.15) is 5.82 Å². The van der Waals surface area contributed by atoms with Gasteiger partial charge in [-0.1, -0.05) is 0 Å². The highest BCUT2D eigenvalue weighted by Gasteiger charge is 2.27. The zero-order chi connectivity index (χ0) is 15.4. The van der Waals surface area contributed by atoms with Gasteiger partial charge in [0.25, 0.3) is 0 Å². The summed E-state index contributed by atoms with van der Waals surface area (Å²) in [5, 5.41) is 3.03. The Hall–Kier alpha value is -1.01. The molecule has 0 radical (unpaired) electrons. The van der Waals surface area contributed by atoms with E-state index in [1.807, 2.05) is 6.92 Å². The molecule has 1 amide bonds. The molecule has 1 fully saturated rings. The van der Waals surface area contributed by atoms with Crippen molar-refractivity contribution in [1.82, 2.24) is 20.2 Å². The van der Waals surface area contributed by atoms with Crippen LogP contribution in [0.15, 0.2) is 16.9 Å². The second-order valence-corrected chi connectivity index (χ2v) is 6.81. The number of hydrogen-bond acceptors (Lipinski definition) is 4. The van der Waals surface area contributed by atoms with Gasteiger partial charge in [0, 0.05) is 24.4 Å². The minimum Gasteiger partial charge on any atom is -0.346 e. The van der Waals surface area contributed by atoms with Crippen molar-refractivity contribution in [3.8, 4) is 0 Å². The third kappa shape index (κ3) is 4.48. The first-order valence-electron chi connectivity index (χ1n) is 7.49. The largest absolute Gasteiger partial charge is 0.346 e. The summed E-state index contributed by atoms with van der Waals surface area (Å²) in [6, 6.07) is 0.401. The van der Waals surface area contributed by atoms with E-state index in [1.54, 1.807) is 12.4 Å². The Labute approximate surface area is 134 Å². The van der Waals surface area contributed by atoms with Gasteiger partial charge >= 0.3 is 0 Å². The van der Waals surface area contributed by atoms with Crippen LogP contribution >= 0.6 is 15.9 Å². The second kappa shape index (κ2) is 7.31. The fourth-order valence-corrected chi connectivity index (χ4v) is 2.82. The fraction of sp³-hybridized carbons (Fsp3) is 0.667. The lowest BCUT2D eigenvalue weighted by atomic mass is 9.95. The van der Waals surface area contributed by atoms with Gasteiger partial charge < -0.3 is 10.2 Å². The number of likely N-dealkylation sites (tertiary alicyclic amines) is 1. The average Bonchev–Trinajstić information content (AvgIpc) is 2.47. The molecule has 0 aromatic carbocycles. The van der Waals surface area contributed by atoms with Crippen LogP contribution < -0.4 is 5.32 Å². The minimum atomic E-state index is -0.159. The summed E-state index contributed by atoms with van der Waals surface area (Å²) in [5.41, 5.74) is 0. The number of carbonyl (C=O) groups is 1. The number of halogens is 1. The zero-order valence-corrected chi connectivity index (χ0v) is 14.4. The van der Waals surface area contributed by atoms with Crippen LogP contribution in [0.5, 0.6) is 0 Å². The standard InChI is InChI=1S/C15H23BrN4O/c1-10(2)20-6-4-12(5-7-20)15(21)19-11(3)14-17-8-13(16)9-18-14/h8-12H,4-7H2,1-3H3,(H,19,21). The molecule has 1 saturated heterocycles. The minimum absolute atomic E-state index is 0.109. The molecule has 1 unspecified atom stereocenters. The van der Waals surface area contributed by atoms with E-state index in [4.69, 9.17) is 0 Å². The highest BCUT2D eigenvalue weighted by atomic mass is 79.9. The maximum absolute atomic E-state index is 12.3. The molecule has 1 aromatic rings. The fourth-order valence-electron chi connectivity index (χ4n) is 2.62. The molecule has 2 rings (SSSR count). The molecule has 0 bridgehead atoms. The Morgan fingerprint density at radius 2 is 1.86 bits per heavy atom. The first kappa shape index (κ1) is 16.4. The van der Waals surface area contributed by atoms with Crippen molar-refractivity contribution in [2.45, 2.75) is 45.7 Å². The third-order valence-corrected chi connectivity index (χ3v) is 4.43. The zero-order valence-electron chi connectivity index (χ0n) is 12.8. The summed E-state index contributed by atoms with van der Waals surface area (Å²) in [5.74, 6) is 0.876. The number of hydrogen-bond donors (Lipinski definition) is 1. The van der Waals surface area contributed by atoms with Gasteiger partial charge in [-0.05, 0) is 62.6 Å². The Kier molecular flexibility index (Phi) is 5.70. The summed E-state index contributed by atoms with van der Waals surface area (Å²) in [4.78, 5) is 23.2. The molecule has 1 aliphatic rings. The van der Waals surface area contributed by atoms with E-state index in [1.165, 1.54) is 0 Å². The predicted octanol–water partition coefficient (Wildman–Crippen LogP) is 2.54. The lowest BCUT2D eigenvalue weighted by Crippen LogP contribution is -2.43.